The average molecular weight is 489 g/mol. The summed E-state index contributed by atoms with van der Waals surface area (Å²) in [6.45, 7) is 5.61. The van der Waals surface area contributed by atoms with Crippen LogP contribution in [0, 0.1) is 5.92 Å². The zero-order chi connectivity index (χ0) is 24.8. The van der Waals surface area contributed by atoms with Crippen LogP contribution in [0.1, 0.15) is 41.8 Å². The van der Waals surface area contributed by atoms with E-state index in [1.807, 2.05) is 37.4 Å². The van der Waals surface area contributed by atoms with E-state index in [-0.39, 0.29) is 5.54 Å². The summed E-state index contributed by atoms with van der Waals surface area (Å²) in [6.07, 6.45) is 3.82. The molecule has 0 bridgehead atoms. The molecule has 0 amide bonds. The van der Waals surface area contributed by atoms with Crippen molar-refractivity contribution >= 4 is 18.2 Å². The molecule has 4 nitrogen and oxygen atoms in total. The maximum Gasteiger partial charge on any atom is 0.150 e. The molecule has 1 unspecified atom stereocenters. The molecule has 1 aliphatic carbocycles. The van der Waals surface area contributed by atoms with E-state index in [0.717, 1.165) is 41.6 Å². The van der Waals surface area contributed by atoms with E-state index >= 15 is 0 Å². The Hall–Kier alpha value is -2.44. The van der Waals surface area contributed by atoms with Crippen LogP contribution in [-0.2, 0) is 12.8 Å². The number of carbonyl (C=O) groups excluding carboxylic acids is 1. The van der Waals surface area contributed by atoms with Crippen LogP contribution in [0.3, 0.4) is 0 Å². The van der Waals surface area contributed by atoms with E-state index in [9.17, 15) is 9.90 Å². The van der Waals surface area contributed by atoms with Crippen molar-refractivity contribution < 1.29 is 9.90 Å². The molecule has 2 N–H and O–H groups in total. The van der Waals surface area contributed by atoms with Gasteiger partial charge in [-0.15, -0.1) is 0 Å². The van der Waals surface area contributed by atoms with Gasteiger partial charge in [-0.1, -0.05) is 54.6 Å². The molecule has 0 radical (unpaired) electrons. The van der Waals surface area contributed by atoms with E-state index in [1.54, 1.807) is 11.9 Å². The Kier molecular flexibility index (Phi) is 8.45. The van der Waals surface area contributed by atoms with Crippen LogP contribution < -0.4 is 5.32 Å². The lowest BCUT2D eigenvalue weighted by Crippen LogP contribution is -2.46. The first kappa shape index (κ1) is 25.6. The highest BCUT2D eigenvalue weighted by Gasteiger charge is 2.28. The average Bonchev–Trinajstić information content (AvgIpc) is 3.24. The number of aliphatic hydroxyl groups excluding tert-OH is 1. The number of carbonyl (C=O) groups is 1. The second-order valence-electron chi connectivity index (χ2n) is 10.3. The molecule has 0 heterocycles. The highest BCUT2D eigenvalue weighted by Crippen LogP contribution is 2.32. The molecule has 1 aliphatic rings. The normalized spacial score (nSPS) is 14.8. The van der Waals surface area contributed by atoms with Crippen molar-refractivity contribution in [2.75, 3.05) is 20.1 Å². The summed E-state index contributed by atoms with van der Waals surface area (Å²) in [5.41, 5.74) is 5.74. The van der Waals surface area contributed by atoms with Crippen LogP contribution in [0.2, 0.25) is 0 Å². The van der Waals surface area contributed by atoms with E-state index in [1.165, 1.54) is 11.1 Å². The molecule has 0 aliphatic heterocycles. The molecule has 5 heteroatoms. The Morgan fingerprint density at radius 3 is 2.37 bits per heavy atom. The zero-order valence-electron chi connectivity index (χ0n) is 20.9. The van der Waals surface area contributed by atoms with E-state index in [2.05, 4.69) is 65.9 Å². The van der Waals surface area contributed by atoms with Gasteiger partial charge in [-0.2, -0.15) is 0 Å². The predicted octanol–water partition coefficient (Wildman–Crippen LogP) is 5.64. The SMILES string of the molecule is CN(CC(O)CNC(C)(C)CC1Cc2ccccc2C1)Sc1cccc(-c2cccc(C=O)c2)c1. The van der Waals surface area contributed by atoms with Crippen molar-refractivity contribution in [3.05, 3.63) is 89.5 Å². The number of rotatable bonds is 11. The van der Waals surface area contributed by atoms with Crippen molar-refractivity contribution in [2.24, 2.45) is 5.92 Å². The topological polar surface area (TPSA) is 52.6 Å². The lowest BCUT2D eigenvalue weighted by molar-refractivity contribution is 0.112. The number of aliphatic hydroxyl groups is 1. The molecule has 0 spiro atoms. The largest absolute Gasteiger partial charge is 0.390 e. The summed E-state index contributed by atoms with van der Waals surface area (Å²) in [5, 5.41) is 14.3. The summed E-state index contributed by atoms with van der Waals surface area (Å²) in [5.74, 6) is 0.657. The summed E-state index contributed by atoms with van der Waals surface area (Å²) >= 11 is 1.62. The molecule has 0 saturated heterocycles. The van der Waals surface area contributed by atoms with Gasteiger partial charge < -0.3 is 10.4 Å². The Bertz CT molecular complexity index is 1120. The van der Waals surface area contributed by atoms with Crippen LogP contribution in [-0.4, -0.2) is 47.5 Å². The minimum Gasteiger partial charge on any atom is -0.390 e. The number of likely N-dealkylation sites (N-methyl/N-ethyl adjacent to an activating group) is 1. The van der Waals surface area contributed by atoms with Gasteiger partial charge in [0.2, 0.25) is 0 Å². The monoisotopic (exact) mass is 488 g/mol. The number of nitrogens with zero attached hydrogens (tertiary/aromatic N) is 1. The van der Waals surface area contributed by atoms with Crippen LogP contribution in [0.15, 0.2) is 77.7 Å². The first-order valence-corrected chi connectivity index (χ1v) is 13.1. The Labute approximate surface area is 213 Å². The zero-order valence-corrected chi connectivity index (χ0v) is 21.7. The van der Waals surface area contributed by atoms with Crippen molar-refractivity contribution in [3.63, 3.8) is 0 Å². The van der Waals surface area contributed by atoms with E-state index in [4.69, 9.17) is 0 Å². The summed E-state index contributed by atoms with van der Waals surface area (Å²) < 4.78 is 2.08. The number of hydrogen-bond donors (Lipinski definition) is 2. The predicted molar refractivity (Wildman–Crippen MR) is 146 cm³/mol. The number of benzene rings is 3. The highest BCUT2D eigenvalue weighted by molar-refractivity contribution is 7.97. The maximum atomic E-state index is 11.1. The fraction of sp³-hybridized carbons (Fsp3) is 0.367. The van der Waals surface area contributed by atoms with Gasteiger partial charge in [-0.3, -0.25) is 4.79 Å². The van der Waals surface area contributed by atoms with Crippen molar-refractivity contribution in [2.45, 2.75) is 49.6 Å². The van der Waals surface area contributed by atoms with Gasteiger partial charge in [0.25, 0.3) is 0 Å². The molecule has 1 atom stereocenters. The number of aldehydes is 1. The molecule has 3 aromatic carbocycles. The van der Waals surface area contributed by atoms with Gasteiger partial charge in [-0.05, 0) is 98.5 Å². The first-order chi connectivity index (χ1) is 16.8. The lowest BCUT2D eigenvalue weighted by Gasteiger charge is -2.31. The third-order valence-electron chi connectivity index (χ3n) is 6.67. The minimum atomic E-state index is -0.458. The van der Waals surface area contributed by atoms with Crippen LogP contribution in [0.25, 0.3) is 11.1 Å². The van der Waals surface area contributed by atoms with Crippen LogP contribution in [0.4, 0.5) is 0 Å². The van der Waals surface area contributed by atoms with E-state index < -0.39 is 6.10 Å². The smallest absolute Gasteiger partial charge is 0.150 e. The van der Waals surface area contributed by atoms with Gasteiger partial charge in [-0.25, -0.2) is 4.31 Å². The van der Waals surface area contributed by atoms with Crippen LogP contribution >= 0.6 is 11.9 Å². The molecule has 4 rings (SSSR count). The third-order valence-corrected chi connectivity index (χ3v) is 7.60. The lowest BCUT2D eigenvalue weighted by atomic mass is 9.88. The van der Waals surface area contributed by atoms with Crippen LogP contribution in [0.5, 0.6) is 0 Å². The first-order valence-electron chi connectivity index (χ1n) is 12.4. The van der Waals surface area contributed by atoms with Crippen molar-refractivity contribution in [3.8, 4) is 11.1 Å². The third kappa shape index (κ3) is 7.28. The Morgan fingerprint density at radius 1 is 1.03 bits per heavy atom. The second-order valence-corrected chi connectivity index (χ2v) is 11.6. The number of fused-ring (bicyclic) bond motifs is 1. The quantitative estimate of drug-likeness (QED) is 0.270. The molecule has 0 aromatic heterocycles. The fourth-order valence-electron chi connectivity index (χ4n) is 5.08. The highest BCUT2D eigenvalue weighted by atomic mass is 32.2. The summed E-state index contributed by atoms with van der Waals surface area (Å²) in [7, 11) is 2.01. The van der Waals surface area contributed by atoms with Crippen molar-refractivity contribution in [1.29, 1.82) is 0 Å². The molecular formula is C30H36N2O2S. The van der Waals surface area contributed by atoms with Gasteiger partial charge in [0.15, 0.2) is 0 Å². The molecule has 3 aromatic rings. The number of nitrogens with one attached hydrogen (secondary N) is 1. The molecule has 35 heavy (non-hydrogen) atoms. The molecule has 0 saturated carbocycles. The van der Waals surface area contributed by atoms with Gasteiger partial charge in [0.1, 0.15) is 6.29 Å². The Balaban J connectivity index is 1.25. The minimum absolute atomic E-state index is 0.0240. The Morgan fingerprint density at radius 2 is 1.69 bits per heavy atom. The van der Waals surface area contributed by atoms with Crippen molar-refractivity contribution in [1.82, 2.24) is 9.62 Å². The van der Waals surface area contributed by atoms with E-state index in [0.29, 0.717) is 24.6 Å². The standard InChI is InChI=1S/C30H36N2O2S/c1-30(2,18-23-15-24-9-4-5-10-25(24)16-23)31-19-28(34)20-32(3)35-29-13-7-12-27(17-29)26-11-6-8-22(14-26)21-33/h4-14,17,21,23,28,31,34H,15-16,18-20H2,1-3H3. The van der Waals surface area contributed by atoms with Gasteiger partial charge in [0, 0.05) is 29.1 Å². The number of β-amino-alcohol motifs (C(OH)–C–C–N with tert-alkyl or cyclic N) is 1. The number of hydrogen-bond acceptors (Lipinski definition) is 5. The maximum absolute atomic E-state index is 11.1. The van der Waals surface area contributed by atoms with Gasteiger partial charge >= 0.3 is 0 Å². The second kappa shape index (κ2) is 11.5. The molecular weight excluding hydrogens is 452 g/mol. The fourth-order valence-corrected chi connectivity index (χ4v) is 6.01. The summed E-state index contributed by atoms with van der Waals surface area (Å²) in [6, 6.07) is 24.7. The summed E-state index contributed by atoms with van der Waals surface area (Å²) in [4.78, 5) is 12.2. The van der Waals surface area contributed by atoms with Gasteiger partial charge in [0.05, 0.1) is 6.10 Å². The molecule has 184 valence electrons. The molecule has 0 fully saturated rings.